The van der Waals surface area contributed by atoms with E-state index in [4.69, 9.17) is 9.47 Å². The molecule has 0 spiro atoms. The summed E-state index contributed by atoms with van der Waals surface area (Å²) in [4.78, 5) is 33.9. The Morgan fingerprint density at radius 1 is 0.923 bits per heavy atom. The lowest BCUT2D eigenvalue weighted by Gasteiger charge is -2.09. The highest BCUT2D eigenvalue weighted by Crippen LogP contribution is 2.29. The monoisotopic (exact) mass is 349 g/mol. The second kappa shape index (κ2) is 6.03. The van der Waals surface area contributed by atoms with Crippen LogP contribution in [-0.2, 0) is 0 Å². The van der Waals surface area contributed by atoms with E-state index in [0.717, 1.165) is 5.39 Å². The smallest absolute Gasteiger partial charge is 0.325 e. The fourth-order valence-electron chi connectivity index (χ4n) is 2.91. The summed E-state index contributed by atoms with van der Waals surface area (Å²) in [6.45, 7) is 0. The second-order valence-electron chi connectivity index (χ2n) is 5.77. The molecular weight excluding hydrogens is 334 g/mol. The van der Waals surface area contributed by atoms with Crippen molar-refractivity contribution in [2.75, 3.05) is 14.2 Å². The minimum Gasteiger partial charge on any atom is -0.493 e. The number of imidazole rings is 1. The van der Waals surface area contributed by atoms with Gasteiger partial charge in [-0.05, 0) is 42.5 Å². The molecule has 7 heteroatoms. The number of methoxy groups -OCH3 is 2. The van der Waals surface area contributed by atoms with E-state index in [0.29, 0.717) is 39.3 Å². The van der Waals surface area contributed by atoms with Crippen LogP contribution < -0.4 is 15.2 Å². The minimum atomic E-state index is -0.315. The third-order valence-corrected chi connectivity index (χ3v) is 4.20. The number of nitrogens with zero attached hydrogens (tertiary/aromatic N) is 1. The van der Waals surface area contributed by atoms with Gasteiger partial charge in [0, 0.05) is 16.5 Å². The number of rotatable bonds is 4. The standard InChI is InChI=1S/C19H15N3O4/c1-25-15-6-4-11(9-16(15)26-2)17(23)10-3-5-13-12(7-10)8-14-18(20-13)22-19(24)21-14/h3-9H,1-2H3,(H2,20,21,22,24). The number of pyridine rings is 1. The molecule has 0 aliphatic carbocycles. The number of ketones is 1. The molecule has 4 aromatic rings. The summed E-state index contributed by atoms with van der Waals surface area (Å²) in [6.07, 6.45) is 0. The van der Waals surface area contributed by atoms with Crippen molar-refractivity contribution in [3.63, 3.8) is 0 Å². The average Bonchev–Trinajstić information content (AvgIpc) is 3.03. The maximum Gasteiger partial charge on any atom is 0.325 e. The quantitative estimate of drug-likeness (QED) is 0.552. The molecule has 0 saturated heterocycles. The number of hydrogen-bond donors (Lipinski definition) is 2. The van der Waals surface area contributed by atoms with Gasteiger partial charge in [0.05, 0.1) is 25.3 Å². The van der Waals surface area contributed by atoms with Gasteiger partial charge in [0.15, 0.2) is 22.9 Å². The highest BCUT2D eigenvalue weighted by Gasteiger charge is 2.14. The molecule has 0 amide bonds. The SMILES string of the molecule is COc1ccc(C(=O)c2ccc3nc4[nH]c(=O)[nH]c4cc3c2)cc1OC. The van der Waals surface area contributed by atoms with E-state index in [-0.39, 0.29) is 11.5 Å². The van der Waals surface area contributed by atoms with Crippen LogP contribution in [0, 0.1) is 0 Å². The van der Waals surface area contributed by atoms with E-state index in [1.54, 1.807) is 49.6 Å². The van der Waals surface area contributed by atoms with Gasteiger partial charge in [0.2, 0.25) is 0 Å². The summed E-state index contributed by atoms with van der Waals surface area (Å²) >= 11 is 0. The number of nitrogens with one attached hydrogen (secondary N) is 2. The molecule has 2 N–H and O–H groups in total. The van der Waals surface area contributed by atoms with Crippen LogP contribution in [0.2, 0.25) is 0 Å². The largest absolute Gasteiger partial charge is 0.493 e. The van der Waals surface area contributed by atoms with Crippen molar-refractivity contribution in [3.05, 3.63) is 64.1 Å². The van der Waals surface area contributed by atoms with Crippen LogP contribution in [-0.4, -0.2) is 35.0 Å². The van der Waals surface area contributed by atoms with Gasteiger partial charge in [-0.3, -0.25) is 9.78 Å². The number of hydrogen-bond acceptors (Lipinski definition) is 5. The Kier molecular flexibility index (Phi) is 3.69. The fourth-order valence-corrected chi connectivity index (χ4v) is 2.91. The topological polar surface area (TPSA) is 97.1 Å². The fraction of sp³-hybridized carbons (Fsp3) is 0.105. The Labute approximate surface area is 147 Å². The van der Waals surface area contributed by atoms with E-state index >= 15 is 0 Å². The molecule has 4 rings (SSSR count). The first-order valence-electron chi connectivity index (χ1n) is 7.88. The molecule has 0 aliphatic heterocycles. The number of aromatic amines is 2. The predicted molar refractivity (Wildman–Crippen MR) is 97.2 cm³/mol. The van der Waals surface area contributed by atoms with Crippen molar-refractivity contribution in [3.8, 4) is 11.5 Å². The van der Waals surface area contributed by atoms with Gasteiger partial charge in [-0.15, -0.1) is 0 Å². The number of carbonyl (C=O) groups excluding carboxylic acids is 1. The molecule has 2 aromatic carbocycles. The second-order valence-corrected chi connectivity index (χ2v) is 5.77. The van der Waals surface area contributed by atoms with Crippen LogP contribution in [0.1, 0.15) is 15.9 Å². The van der Waals surface area contributed by atoms with Crippen molar-refractivity contribution >= 4 is 27.9 Å². The molecule has 0 fully saturated rings. The Morgan fingerprint density at radius 3 is 2.42 bits per heavy atom. The Hall–Kier alpha value is -3.61. The van der Waals surface area contributed by atoms with E-state index in [9.17, 15) is 9.59 Å². The van der Waals surface area contributed by atoms with Gasteiger partial charge in [0.1, 0.15) is 0 Å². The first kappa shape index (κ1) is 15.9. The lowest BCUT2D eigenvalue weighted by molar-refractivity contribution is 0.103. The molecule has 0 unspecified atom stereocenters. The zero-order valence-electron chi connectivity index (χ0n) is 14.1. The summed E-state index contributed by atoms with van der Waals surface area (Å²) in [5, 5.41) is 0.763. The zero-order chi connectivity index (χ0) is 18.3. The first-order valence-corrected chi connectivity index (χ1v) is 7.88. The van der Waals surface area contributed by atoms with Crippen LogP contribution in [0.4, 0.5) is 0 Å². The lowest BCUT2D eigenvalue weighted by Crippen LogP contribution is -2.02. The molecule has 26 heavy (non-hydrogen) atoms. The van der Waals surface area contributed by atoms with E-state index in [1.165, 1.54) is 7.11 Å². The van der Waals surface area contributed by atoms with E-state index < -0.39 is 0 Å². The first-order chi connectivity index (χ1) is 12.6. The summed E-state index contributed by atoms with van der Waals surface area (Å²) in [5.41, 5.74) is 2.47. The zero-order valence-corrected chi connectivity index (χ0v) is 14.1. The number of fused-ring (bicyclic) bond motifs is 2. The van der Waals surface area contributed by atoms with Crippen molar-refractivity contribution in [1.29, 1.82) is 0 Å². The summed E-state index contributed by atoms with van der Waals surface area (Å²) < 4.78 is 10.5. The highest BCUT2D eigenvalue weighted by atomic mass is 16.5. The maximum atomic E-state index is 12.8. The van der Waals surface area contributed by atoms with E-state index in [1.807, 2.05) is 0 Å². The van der Waals surface area contributed by atoms with Crippen LogP contribution in [0.5, 0.6) is 11.5 Å². The minimum absolute atomic E-state index is 0.143. The van der Waals surface area contributed by atoms with Crippen molar-refractivity contribution in [1.82, 2.24) is 15.0 Å². The van der Waals surface area contributed by atoms with Gasteiger partial charge in [-0.2, -0.15) is 0 Å². The van der Waals surface area contributed by atoms with Crippen molar-refractivity contribution in [2.24, 2.45) is 0 Å². The number of aromatic nitrogens is 3. The van der Waals surface area contributed by atoms with Gasteiger partial charge < -0.3 is 14.5 Å². The molecule has 0 aliphatic rings. The molecule has 2 heterocycles. The molecule has 7 nitrogen and oxygen atoms in total. The Balaban J connectivity index is 1.79. The molecule has 0 saturated carbocycles. The number of H-pyrrole nitrogens is 2. The average molecular weight is 349 g/mol. The van der Waals surface area contributed by atoms with Gasteiger partial charge in [-0.1, -0.05) is 0 Å². The molecule has 0 bridgehead atoms. The molecule has 2 aromatic heterocycles. The highest BCUT2D eigenvalue weighted by molar-refractivity contribution is 6.11. The van der Waals surface area contributed by atoms with Crippen LogP contribution in [0.15, 0.2) is 47.3 Å². The van der Waals surface area contributed by atoms with Crippen molar-refractivity contribution < 1.29 is 14.3 Å². The summed E-state index contributed by atoms with van der Waals surface area (Å²) in [6, 6.07) is 12.1. The molecule has 130 valence electrons. The molecular formula is C19H15N3O4. The van der Waals surface area contributed by atoms with E-state index in [2.05, 4.69) is 15.0 Å². The Bertz CT molecular complexity index is 1210. The normalized spacial score (nSPS) is 11.0. The van der Waals surface area contributed by atoms with Gasteiger partial charge in [0.25, 0.3) is 0 Å². The maximum absolute atomic E-state index is 12.8. The molecule has 0 radical (unpaired) electrons. The summed E-state index contributed by atoms with van der Waals surface area (Å²) in [5.74, 6) is 0.911. The number of benzene rings is 2. The third kappa shape index (κ3) is 2.59. The number of ether oxygens (including phenoxy) is 2. The van der Waals surface area contributed by atoms with Gasteiger partial charge in [-0.25, -0.2) is 9.78 Å². The lowest BCUT2D eigenvalue weighted by atomic mass is 10.0. The predicted octanol–water partition coefficient (Wildman–Crippen LogP) is 2.65. The molecule has 0 atom stereocenters. The van der Waals surface area contributed by atoms with Crippen LogP contribution in [0.25, 0.3) is 22.1 Å². The van der Waals surface area contributed by atoms with Gasteiger partial charge >= 0.3 is 5.69 Å². The Morgan fingerprint density at radius 2 is 1.65 bits per heavy atom. The van der Waals surface area contributed by atoms with Crippen LogP contribution >= 0.6 is 0 Å². The van der Waals surface area contributed by atoms with Crippen LogP contribution in [0.3, 0.4) is 0 Å². The summed E-state index contributed by atoms with van der Waals surface area (Å²) in [7, 11) is 3.07. The van der Waals surface area contributed by atoms with Crippen molar-refractivity contribution in [2.45, 2.75) is 0 Å². The third-order valence-electron chi connectivity index (χ3n) is 4.20. The number of carbonyl (C=O) groups is 1.